The van der Waals surface area contributed by atoms with E-state index in [4.69, 9.17) is 4.74 Å². The molecule has 0 atom stereocenters. The van der Waals surface area contributed by atoms with Crippen molar-refractivity contribution in [2.45, 2.75) is 13.3 Å². The molecule has 0 aliphatic carbocycles. The van der Waals surface area contributed by atoms with Crippen LogP contribution in [0.15, 0.2) is 59.3 Å². The zero-order valence-corrected chi connectivity index (χ0v) is 16.1. The first kappa shape index (κ1) is 17.5. The number of fused-ring (bicyclic) bond motifs is 1. The van der Waals surface area contributed by atoms with Gasteiger partial charge in [0.2, 0.25) is 0 Å². The zero-order chi connectivity index (χ0) is 19.0. The fourth-order valence-corrected chi connectivity index (χ4v) is 3.47. The van der Waals surface area contributed by atoms with Crippen molar-refractivity contribution >= 4 is 50.2 Å². The molecule has 0 saturated heterocycles. The lowest BCUT2D eigenvalue weighted by Crippen LogP contribution is -2.31. The van der Waals surface area contributed by atoms with Crippen molar-refractivity contribution in [1.82, 2.24) is 9.55 Å². The number of anilines is 1. The normalized spacial score (nSPS) is 14.1. The average molecular weight is 426 g/mol. The molecule has 2 heterocycles. The van der Waals surface area contributed by atoms with Crippen molar-refractivity contribution in [3.05, 3.63) is 59.3 Å². The highest BCUT2D eigenvalue weighted by molar-refractivity contribution is 9.10. The van der Waals surface area contributed by atoms with Crippen LogP contribution in [0.5, 0.6) is 5.75 Å². The first-order chi connectivity index (χ1) is 13.1. The minimum atomic E-state index is -0.391. The average Bonchev–Trinajstić information content (AvgIpc) is 3.21. The van der Waals surface area contributed by atoms with Crippen molar-refractivity contribution < 1.29 is 14.3 Å². The number of carbonyl (C=O) groups excluding carboxylic acids is 2. The van der Waals surface area contributed by atoms with Crippen LogP contribution in [0.25, 0.3) is 16.7 Å². The minimum Gasteiger partial charge on any atom is -0.492 e. The van der Waals surface area contributed by atoms with Gasteiger partial charge in [-0.3, -0.25) is 14.2 Å². The number of hydrogen-bond acceptors (Lipinski definition) is 4. The monoisotopic (exact) mass is 425 g/mol. The van der Waals surface area contributed by atoms with Crippen LogP contribution >= 0.6 is 15.9 Å². The second-order valence-electron chi connectivity index (χ2n) is 6.07. The van der Waals surface area contributed by atoms with Gasteiger partial charge in [0.15, 0.2) is 0 Å². The molecule has 0 radical (unpaired) electrons. The summed E-state index contributed by atoms with van der Waals surface area (Å²) in [7, 11) is 0. The fourth-order valence-electron chi connectivity index (χ4n) is 2.98. The molecule has 0 N–H and O–H groups in total. The Labute approximate surface area is 164 Å². The van der Waals surface area contributed by atoms with Crippen LogP contribution in [0, 0.1) is 0 Å². The van der Waals surface area contributed by atoms with Crippen LogP contribution in [0.4, 0.5) is 5.69 Å². The summed E-state index contributed by atoms with van der Waals surface area (Å²) < 4.78 is 7.96. The first-order valence-electron chi connectivity index (χ1n) is 8.55. The summed E-state index contributed by atoms with van der Waals surface area (Å²) in [5, 5.41) is 0. The lowest BCUT2D eigenvalue weighted by atomic mass is 10.2. The summed E-state index contributed by atoms with van der Waals surface area (Å²) in [4.78, 5) is 31.0. The molecule has 0 spiro atoms. The maximum atomic E-state index is 13.0. The molecule has 6 nitrogen and oxygen atoms in total. The molecule has 3 aromatic rings. The number of hydrogen-bond donors (Lipinski definition) is 0. The Morgan fingerprint density at radius 2 is 1.96 bits per heavy atom. The largest absolute Gasteiger partial charge is 0.492 e. The standard InChI is InChI=1S/C20H16BrN3O3/c1-2-9-27-18-8-7-13(10-14(18)21)24-19(25)11-17(20(24)26)23-12-22-15-5-3-4-6-16(15)23/h3-8,10-12H,2,9H2,1H3. The van der Waals surface area contributed by atoms with Crippen LogP contribution in [-0.2, 0) is 9.59 Å². The number of amides is 2. The van der Waals surface area contributed by atoms with Gasteiger partial charge in [-0.2, -0.15) is 0 Å². The molecule has 7 heteroatoms. The van der Waals surface area contributed by atoms with E-state index in [1.54, 1.807) is 29.1 Å². The molecule has 27 heavy (non-hydrogen) atoms. The molecule has 136 valence electrons. The minimum absolute atomic E-state index is 0.274. The molecule has 1 aromatic heterocycles. The Kier molecular flexibility index (Phi) is 4.53. The van der Waals surface area contributed by atoms with Gasteiger partial charge in [-0.15, -0.1) is 0 Å². The second kappa shape index (κ2) is 7.00. The van der Waals surface area contributed by atoms with E-state index in [0.717, 1.165) is 22.4 Å². The number of imidazole rings is 1. The molecule has 2 aromatic carbocycles. The third-order valence-corrected chi connectivity index (χ3v) is 4.87. The summed E-state index contributed by atoms with van der Waals surface area (Å²) >= 11 is 3.44. The maximum Gasteiger partial charge on any atom is 0.282 e. The Morgan fingerprint density at radius 3 is 2.74 bits per heavy atom. The number of para-hydroxylation sites is 2. The Balaban J connectivity index is 1.66. The van der Waals surface area contributed by atoms with Gasteiger partial charge in [-0.05, 0) is 52.7 Å². The molecule has 0 bridgehead atoms. The van der Waals surface area contributed by atoms with Gasteiger partial charge in [0.25, 0.3) is 11.8 Å². The van der Waals surface area contributed by atoms with Crippen molar-refractivity contribution in [2.24, 2.45) is 0 Å². The molecular weight excluding hydrogens is 410 g/mol. The maximum absolute atomic E-state index is 13.0. The summed E-state index contributed by atoms with van der Waals surface area (Å²) in [6.07, 6.45) is 3.79. The highest BCUT2D eigenvalue weighted by Gasteiger charge is 2.34. The van der Waals surface area contributed by atoms with Crippen LogP contribution in [0.3, 0.4) is 0 Å². The number of rotatable bonds is 5. The van der Waals surface area contributed by atoms with Crippen molar-refractivity contribution in [1.29, 1.82) is 0 Å². The number of halogens is 1. The lowest BCUT2D eigenvalue weighted by molar-refractivity contribution is -0.119. The number of aromatic nitrogens is 2. The smallest absolute Gasteiger partial charge is 0.282 e. The van der Waals surface area contributed by atoms with Crippen molar-refractivity contribution in [2.75, 3.05) is 11.5 Å². The van der Waals surface area contributed by atoms with Crippen LogP contribution < -0.4 is 9.64 Å². The summed E-state index contributed by atoms with van der Waals surface area (Å²) in [5.74, 6) is -0.104. The van der Waals surface area contributed by atoms with E-state index in [-0.39, 0.29) is 11.6 Å². The number of carbonyl (C=O) groups is 2. The Bertz CT molecular complexity index is 1090. The number of benzene rings is 2. The molecule has 4 rings (SSSR count). The third-order valence-electron chi connectivity index (χ3n) is 4.25. The molecule has 0 saturated carbocycles. The quantitative estimate of drug-likeness (QED) is 0.579. The number of imide groups is 1. The van der Waals surface area contributed by atoms with Gasteiger partial charge in [0.05, 0.1) is 27.8 Å². The summed E-state index contributed by atoms with van der Waals surface area (Å²) in [5.41, 5.74) is 2.29. The van der Waals surface area contributed by atoms with E-state index in [1.807, 2.05) is 31.2 Å². The lowest BCUT2D eigenvalue weighted by Gasteiger charge is -2.17. The third kappa shape index (κ3) is 3.04. The first-order valence-corrected chi connectivity index (χ1v) is 9.34. The van der Waals surface area contributed by atoms with Gasteiger partial charge >= 0.3 is 0 Å². The highest BCUT2D eigenvalue weighted by atomic mass is 79.9. The van der Waals surface area contributed by atoms with Crippen LogP contribution in [0.2, 0.25) is 0 Å². The molecule has 2 amide bonds. The molecule has 0 fully saturated rings. The molecule has 1 aliphatic rings. The molecule has 0 unspecified atom stereocenters. The SMILES string of the molecule is CCCOc1ccc(N2C(=O)C=C(n3cnc4ccccc43)C2=O)cc1Br. The van der Waals surface area contributed by atoms with Gasteiger partial charge in [0, 0.05) is 6.08 Å². The fraction of sp³-hybridized carbons (Fsp3) is 0.150. The van der Waals surface area contributed by atoms with E-state index < -0.39 is 5.91 Å². The molecule has 1 aliphatic heterocycles. The van der Waals surface area contributed by atoms with E-state index in [0.29, 0.717) is 22.5 Å². The number of ether oxygens (including phenoxy) is 1. The predicted octanol–water partition coefficient (Wildman–Crippen LogP) is 4.00. The zero-order valence-electron chi connectivity index (χ0n) is 14.6. The Hall–Kier alpha value is -2.93. The van der Waals surface area contributed by atoms with Gasteiger partial charge < -0.3 is 4.74 Å². The number of nitrogens with zero attached hydrogens (tertiary/aromatic N) is 3. The van der Waals surface area contributed by atoms with E-state index in [2.05, 4.69) is 20.9 Å². The Morgan fingerprint density at radius 1 is 1.15 bits per heavy atom. The van der Waals surface area contributed by atoms with Gasteiger partial charge in [0.1, 0.15) is 17.8 Å². The molecular formula is C20H16BrN3O3. The van der Waals surface area contributed by atoms with Crippen LogP contribution in [0.1, 0.15) is 13.3 Å². The van der Waals surface area contributed by atoms with Crippen molar-refractivity contribution in [3.8, 4) is 5.75 Å². The topological polar surface area (TPSA) is 64.4 Å². The van der Waals surface area contributed by atoms with Crippen LogP contribution in [-0.4, -0.2) is 28.0 Å². The van der Waals surface area contributed by atoms with Gasteiger partial charge in [-0.1, -0.05) is 19.1 Å². The van der Waals surface area contributed by atoms with Gasteiger partial charge in [-0.25, -0.2) is 9.88 Å². The van der Waals surface area contributed by atoms with Crippen molar-refractivity contribution in [3.63, 3.8) is 0 Å². The second-order valence-corrected chi connectivity index (χ2v) is 6.93. The summed E-state index contributed by atoms with van der Waals surface area (Å²) in [6, 6.07) is 12.6. The van der Waals surface area contributed by atoms with E-state index >= 15 is 0 Å². The predicted molar refractivity (Wildman–Crippen MR) is 106 cm³/mol. The highest BCUT2D eigenvalue weighted by Crippen LogP contribution is 2.33. The van der Waals surface area contributed by atoms with E-state index in [9.17, 15) is 9.59 Å². The summed E-state index contributed by atoms with van der Waals surface area (Å²) in [6.45, 7) is 2.62. The van der Waals surface area contributed by atoms with E-state index in [1.165, 1.54) is 6.08 Å².